The van der Waals surface area contributed by atoms with Crippen LogP contribution in [0.1, 0.15) is 22.0 Å². The number of thiophene rings is 1. The van der Waals surface area contributed by atoms with Gasteiger partial charge in [-0.1, -0.05) is 30.3 Å². The third-order valence-electron chi connectivity index (χ3n) is 5.23. The zero-order valence-electron chi connectivity index (χ0n) is 16.4. The van der Waals surface area contributed by atoms with Crippen LogP contribution in [0.2, 0.25) is 0 Å². The number of hydrogen-bond donors (Lipinski definition) is 1. The lowest BCUT2D eigenvalue weighted by molar-refractivity contribution is -0.117. The van der Waals surface area contributed by atoms with Gasteiger partial charge in [0, 0.05) is 17.1 Å². The molecule has 0 saturated carbocycles. The quantitative estimate of drug-likeness (QED) is 0.592. The van der Waals surface area contributed by atoms with Crippen LogP contribution in [0.4, 0.5) is 14.5 Å². The van der Waals surface area contributed by atoms with Crippen molar-refractivity contribution in [1.29, 1.82) is 0 Å². The van der Waals surface area contributed by atoms with Crippen molar-refractivity contribution in [3.05, 3.63) is 82.0 Å². The molecule has 5 nitrogen and oxygen atoms in total. The summed E-state index contributed by atoms with van der Waals surface area (Å²) in [6, 6.07) is 16.8. The van der Waals surface area contributed by atoms with Crippen LogP contribution >= 0.6 is 11.3 Å². The van der Waals surface area contributed by atoms with E-state index in [4.69, 9.17) is 0 Å². The molecule has 1 atom stereocenters. The van der Waals surface area contributed by atoms with E-state index >= 15 is 0 Å². The first-order valence-corrected chi connectivity index (χ1v) is 12.1. The molecule has 1 amide bonds. The molecule has 1 aliphatic heterocycles. The molecule has 1 aromatic heterocycles. The number of nitrogens with one attached hydrogen (secondary N) is 1. The number of carbonyl (C=O) groups is 1. The Morgan fingerprint density at radius 3 is 2.48 bits per heavy atom. The Kier molecular flexibility index (Phi) is 6.17. The standard InChI is InChI=1S/C22H20F2N2O3S2/c23-22(24)31(28,29)17-8-6-16(7-9-17)25-20(27)14-26-12-10-19-18(11-13-30-19)21(26)15-4-2-1-3-5-15/h1-9,11,13,21-22H,10,12,14H2,(H,25,27)/t21-/m0/s1. The van der Waals surface area contributed by atoms with E-state index < -0.39 is 20.5 Å². The van der Waals surface area contributed by atoms with Gasteiger partial charge in [-0.25, -0.2) is 8.42 Å². The molecule has 0 spiro atoms. The van der Waals surface area contributed by atoms with Gasteiger partial charge in [0.25, 0.3) is 0 Å². The number of anilines is 1. The summed E-state index contributed by atoms with van der Waals surface area (Å²) in [5.41, 5.74) is 2.66. The monoisotopic (exact) mass is 462 g/mol. The van der Waals surface area contributed by atoms with E-state index in [9.17, 15) is 22.0 Å². The van der Waals surface area contributed by atoms with Crippen LogP contribution in [-0.2, 0) is 21.1 Å². The minimum atomic E-state index is -4.66. The number of rotatable bonds is 6. The summed E-state index contributed by atoms with van der Waals surface area (Å²) in [6.07, 6.45) is 0.865. The fraction of sp³-hybridized carbons (Fsp3) is 0.227. The summed E-state index contributed by atoms with van der Waals surface area (Å²) in [7, 11) is -4.66. The first kappa shape index (κ1) is 21.6. The topological polar surface area (TPSA) is 66.5 Å². The highest BCUT2D eigenvalue weighted by Gasteiger charge is 2.31. The molecule has 1 aliphatic rings. The van der Waals surface area contributed by atoms with Crippen molar-refractivity contribution in [1.82, 2.24) is 4.90 Å². The van der Waals surface area contributed by atoms with Crippen LogP contribution in [0, 0.1) is 0 Å². The Morgan fingerprint density at radius 1 is 1.10 bits per heavy atom. The van der Waals surface area contributed by atoms with Gasteiger partial charge in [0.2, 0.25) is 15.7 Å². The average Bonchev–Trinajstić information content (AvgIpc) is 3.23. The Hall–Kier alpha value is -2.62. The molecule has 0 saturated heterocycles. The van der Waals surface area contributed by atoms with Gasteiger partial charge in [-0.05, 0) is 53.3 Å². The van der Waals surface area contributed by atoms with Crippen molar-refractivity contribution in [2.24, 2.45) is 0 Å². The number of alkyl halides is 2. The molecule has 2 heterocycles. The van der Waals surface area contributed by atoms with Crippen molar-refractivity contribution in [3.8, 4) is 0 Å². The molecule has 2 aromatic carbocycles. The van der Waals surface area contributed by atoms with Gasteiger partial charge in [0.05, 0.1) is 17.5 Å². The molecular formula is C22H20F2N2O3S2. The minimum Gasteiger partial charge on any atom is -0.325 e. The van der Waals surface area contributed by atoms with Crippen molar-refractivity contribution < 1.29 is 22.0 Å². The van der Waals surface area contributed by atoms with Crippen molar-refractivity contribution >= 4 is 32.8 Å². The highest BCUT2D eigenvalue weighted by Crippen LogP contribution is 2.37. The van der Waals surface area contributed by atoms with E-state index in [1.165, 1.54) is 22.6 Å². The van der Waals surface area contributed by atoms with Crippen LogP contribution in [0.3, 0.4) is 0 Å². The molecule has 0 bridgehead atoms. The van der Waals surface area contributed by atoms with E-state index in [0.717, 1.165) is 30.7 Å². The Labute approximate surface area is 183 Å². The summed E-state index contributed by atoms with van der Waals surface area (Å²) < 4.78 is 48.4. The average molecular weight is 463 g/mol. The van der Waals surface area contributed by atoms with E-state index in [1.807, 2.05) is 30.3 Å². The Morgan fingerprint density at radius 2 is 1.81 bits per heavy atom. The second-order valence-electron chi connectivity index (χ2n) is 7.21. The minimum absolute atomic E-state index is 0.0273. The maximum absolute atomic E-state index is 12.7. The molecule has 0 aliphatic carbocycles. The second-order valence-corrected chi connectivity index (χ2v) is 10.1. The highest BCUT2D eigenvalue weighted by atomic mass is 32.2. The van der Waals surface area contributed by atoms with Crippen molar-refractivity contribution in [3.63, 3.8) is 0 Å². The van der Waals surface area contributed by atoms with Gasteiger partial charge >= 0.3 is 5.76 Å². The fourth-order valence-electron chi connectivity index (χ4n) is 3.78. The van der Waals surface area contributed by atoms with Gasteiger partial charge in [-0.15, -0.1) is 11.3 Å². The molecule has 4 rings (SSSR count). The predicted molar refractivity (Wildman–Crippen MR) is 116 cm³/mol. The number of hydrogen-bond acceptors (Lipinski definition) is 5. The Bertz CT molecular complexity index is 1160. The predicted octanol–water partition coefficient (Wildman–Crippen LogP) is 4.33. The number of amides is 1. The molecule has 31 heavy (non-hydrogen) atoms. The third-order valence-corrected chi connectivity index (χ3v) is 7.62. The first-order valence-electron chi connectivity index (χ1n) is 9.63. The van der Waals surface area contributed by atoms with Gasteiger partial charge in [0.1, 0.15) is 0 Å². The number of carbonyl (C=O) groups excluding carboxylic acids is 1. The van der Waals surface area contributed by atoms with Gasteiger partial charge in [-0.2, -0.15) is 8.78 Å². The number of fused-ring (bicyclic) bond motifs is 1. The number of benzene rings is 2. The molecule has 0 fully saturated rings. The van der Waals surface area contributed by atoms with E-state index in [0.29, 0.717) is 5.69 Å². The van der Waals surface area contributed by atoms with E-state index in [-0.39, 0.29) is 18.5 Å². The molecule has 0 unspecified atom stereocenters. The number of halogens is 2. The van der Waals surface area contributed by atoms with E-state index in [2.05, 4.69) is 21.7 Å². The third kappa shape index (κ3) is 4.53. The molecular weight excluding hydrogens is 442 g/mol. The number of sulfone groups is 1. The first-order chi connectivity index (χ1) is 14.9. The van der Waals surface area contributed by atoms with Crippen LogP contribution in [-0.4, -0.2) is 38.1 Å². The van der Waals surface area contributed by atoms with Crippen LogP contribution in [0.15, 0.2) is 70.9 Å². The number of nitrogens with zero attached hydrogens (tertiary/aromatic N) is 1. The second kappa shape index (κ2) is 8.86. The lowest BCUT2D eigenvalue weighted by Gasteiger charge is -2.35. The van der Waals surface area contributed by atoms with Crippen molar-refractivity contribution in [2.45, 2.75) is 23.1 Å². The molecule has 0 radical (unpaired) electrons. The Balaban J connectivity index is 1.49. The fourth-order valence-corrected chi connectivity index (χ4v) is 5.41. The van der Waals surface area contributed by atoms with Crippen LogP contribution in [0.5, 0.6) is 0 Å². The maximum Gasteiger partial charge on any atom is 0.341 e. The highest BCUT2D eigenvalue weighted by molar-refractivity contribution is 7.91. The molecule has 162 valence electrons. The summed E-state index contributed by atoms with van der Waals surface area (Å²) in [6.45, 7) is 0.873. The summed E-state index contributed by atoms with van der Waals surface area (Å²) in [5.74, 6) is -3.74. The SMILES string of the molecule is O=C(CN1CCc2sccc2[C@@H]1c1ccccc1)Nc1ccc(S(=O)(=O)C(F)F)cc1. The van der Waals surface area contributed by atoms with Crippen LogP contribution < -0.4 is 5.32 Å². The van der Waals surface area contributed by atoms with Crippen LogP contribution in [0.25, 0.3) is 0 Å². The van der Waals surface area contributed by atoms with Gasteiger partial charge in [-0.3, -0.25) is 9.69 Å². The largest absolute Gasteiger partial charge is 0.341 e. The zero-order chi connectivity index (χ0) is 22.0. The summed E-state index contributed by atoms with van der Waals surface area (Å²) in [4.78, 5) is 15.7. The maximum atomic E-state index is 12.7. The van der Waals surface area contributed by atoms with Gasteiger partial charge < -0.3 is 5.32 Å². The normalized spacial score (nSPS) is 16.8. The lowest BCUT2D eigenvalue weighted by atomic mass is 9.93. The van der Waals surface area contributed by atoms with E-state index in [1.54, 1.807) is 11.3 Å². The smallest absolute Gasteiger partial charge is 0.325 e. The van der Waals surface area contributed by atoms with Gasteiger partial charge in [0.15, 0.2) is 0 Å². The summed E-state index contributed by atoms with van der Waals surface area (Å²) in [5, 5.41) is 4.80. The molecule has 1 N–H and O–H groups in total. The van der Waals surface area contributed by atoms with Crippen molar-refractivity contribution in [2.75, 3.05) is 18.4 Å². The zero-order valence-corrected chi connectivity index (χ0v) is 18.0. The molecule has 9 heteroatoms. The summed E-state index contributed by atoms with van der Waals surface area (Å²) >= 11 is 1.72. The lowest BCUT2D eigenvalue weighted by Crippen LogP contribution is -2.40. The molecule has 3 aromatic rings.